The Hall–Kier alpha value is -2.66. The molecule has 3 heterocycles. The lowest BCUT2D eigenvalue weighted by molar-refractivity contribution is 0.0378. The zero-order valence-corrected chi connectivity index (χ0v) is 24.9. The quantitative estimate of drug-likeness (QED) is 0.146. The Bertz CT molecular complexity index is 1370. The van der Waals surface area contributed by atoms with Crippen LogP contribution in [0.3, 0.4) is 0 Å². The van der Waals surface area contributed by atoms with Crippen LogP contribution in [0.5, 0.6) is 0 Å². The first-order chi connectivity index (χ1) is 19.7. The minimum absolute atomic E-state index is 0.222. The van der Waals surface area contributed by atoms with E-state index in [-0.39, 0.29) is 5.92 Å². The number of nitrogens with zero attached hydrogens (tertiary/aromatic N) is 5. The molecule has 1 saturated heterocycles. The van der Waals surface area contributed by atoms with Crippen LogP contribution in [0.25, 0.3) is 15.4 Å². The van der Waals surface area contributed by atoms with Crippen molar-refractivity contribution in [2.75, 3.05) is 44.7 Å². The number of halogens is 1. The van der Waals surface area contributed by atoms with Crippen LogP contribution in [-0.4, -0.2) is 54.3 Å². The fraction of sp³-hybridized carbons (Fsp3) is 0.467. The van der Waals surface area contributed by atoms with Crippen LogP contribution in [0.15, 0.2) is 34.7 Å². The van der Waals surface area contributed by atoms with Crippen LogP contribution in [0, 0.1) is 17.9 Å². The van der Waals surface area contributed by atoms with Gasteiger partial charge in [0.2, 0.25) is 5.69 Å². The first-order valence-electron chi connectivity index (χ1n) is 13.9. The molecule has 1 aliphatic carbocycles. The average molecular weight is 593 g/mol. The topological polar surface area (TPSA) is 78.4 Å². The third-order valence-electron chi connectivity index (χ3n) is 7.46. The van der Waals surface area contributed by atoms with Crippen molar-refractivity contribution in [3.8, 4) is 16.6 Å². The van der Waals surface area contributed by atoms with Crippen LogP contribution < -0.4 is 5.32 Å². The van der Waals surface area contributed by atoms with Crippen LogP contribution in [0.2, 0.25) is 5.02 Å². The molecule has 0 unspecified atom stereocenters. The van der Waals surface area contributed by atoms with Gasteiger partial charge in [-0.2, -0.15) is 5.26 Å². The van der Waals surface area contributed by atoms with Gasteiger partial charge in [0.05, 0.1) is 31.0 Å². The molecule has 1 aromatic carbocycles. The van der Waals surface area contributed by atoms with E-state index in [2.05, 4.69) is 26.5 Å². The highest BCUT2D eigenvalue weighted by molar-refractivity contribution is 7.98. The van der Waals surface area contributed by atoms with Crippen LogP contribution in [-0.2, 0) is 10.5 Å². The highest BCUT2D eigenvalue weighted by atomic mass is 35.5. The molecule has 0 atom stereocenters. The summed E-state index contributed by atoms with van der Waals surface area (Å²) in [4.78, 5) is 16.1. The normalized spacial score (nSPS) is 16.4. The average Bonchev–Trinajstić information content (AvgIpc) is 3.48. The van der Waals surface area contributed by atoms with Gasteiger partial charge in [-0.05, 0) is 49.4 Å². The number of thioether (sulfide) groups is 1. The summed E-state index contributed by atoms with van der Waals surface area (Å²) in [6.45, 7) is 13.3. The largest absolute Gasteiger partial charge is 0.379 e. The summed E-state index contributed by atoms with van der Waals surface area (Å²) in [5.41, 5.74) is 3.96. The number of ether oxygens (including phenoxy) is 1. The lowest BCUT2D eigenvalue weighted by atomic mass is 9.82. The van der Waals surface area contributed by atoms with Crippen molar-refractivity contribution >= 4 is 46.2 Å². The van der Waals surface area contributed by atoms with Gasteiger partial charge in [0.1, 0.15) is 21.9 Å². The Kier molecular flexibility index (Phi) is 10.3. The van der Waals surface area contributed by atoms with E-state index in [1.54, 1.807) is 11.3 Å². The minimum Gasteiger partial charge on any atom is -0.379 e. The highest BCUT2D eigenvalue weighted by Gasteiger charge is 2.28. The molecule has 5 rings (SSSR count). The summed E-state index contributed by atoms with van der Waals surface area (Å²) in [7, 11) is 0. The number of morpholine rings is 1. The Morgan fingerprint density at radius 2 is 1.95 bits per heavy atom. The molecule has 7 nitrogen and oxygen atoms in total. The van der Waals surface area contributed by atoms with Crippen molar-refractivity contribution in [2.45, 2.75) is 55.2 Å². The summed E-state index contributed by atoms with van der Waals surface area (Å²) >= 11 is 9.18. The van der Waals surface area contributed by atoms with E-state index in [0.29, 0.717) is 32.9 Å². The van der Waals surface area contributed by atoms with Crippen molar-refractivity contribution < 1.29 is 4.74 Å². The maximum atomic E-state index is 10.3. The third kappa shape index (κ3) is 7.15. The summed E-state index contributed by atoms with van der Waals surface area (Å²) in [5.74, 6) is 1.43. The zero-order chi connectivity index (χ0) is 27.7. The smallest absolute Gasteiger partial charge is 0.232 e. The number of benzene rings is 1. The minimum atomic E-state index is 0.222. The van der Waals surface area contributed by atoms with Gasteiger partial charge in [0.25, 0.3) is 0 Å². The lowest BCUT2D eigenvalue weighted by Crippen LogP contribution is -2.37. The Balaban J connectivity index is 1.37. The molecule has 208 valence electrons. The van der Waals surface area contributed by atoms with Gasteiger partial charge in [-0.1, -0.05) is 54.8 Å². The molecule has 3 aromatic rings. The van der Waals surface area contributed by atoms with Crippen LogP contribution in [0.1, 0.15) is 61.3 Å². The number of aromatic nitrogens is 2. The van der Waals surface area contributed by atoms with E-state index in [4.69, 9.17) is 32.9 Å². The molecule has 1 aliphatic heterocycles. The van der Waals surface area contributed by atoms with Crippen molar-refractivity contribution in [3.05, 3.63) is 62.9 Å². The molecular formula is C30H33ClN6OS2. The molecule has 2 aromatic heterocycles. The van der Waals surface area contributed by atoms with Crippen molar-refractivity contribution in [1.82, 2.24) is 14.9 Å². The lowest BCUT2D eigenvalue weighted by Gasteiger charge is -2.27. The SMILES string of the molecule is [C-]#[N+]c1c(NCCCN2CCOCC2)nc(SCc2csc(-c3ccc(Cl)cc3)n2)c(C#N)c1C1CCCCC1. The summed E-state index contributed by atoms with van der Waals surface area (Å²) in [5, 5.41) is 18.2. The third-order valence-corrected chi connectivity index (χ3v) is 9.66. The van der Waals surface area contributed by atoms with Gasteiger partial charge in [0, 0.05) is 41.4 Å². The van der Waals surface area contributed by atoms with E-state index in [1.165, 1.54) is 18.2 Å². The Morgan fingerprint density at radius 1 is 1.18 bits per heavy atom. The summed E-state index contributed by atoms with van der Waals surface area (Å²) in [6, 6.07) is 10.1. The number of anilines is 1. The van der Waals surface area contributed by atoms with Crippen molar-refractivity contribution in [2.24, 2.45) is 0 Å². The highest BCUT2D eigenvalue weighted by Crippen LogP contribution is 2.45. The van der Waals surface area contributed by atoms with E-state index >= 15 is 0 Å². The molecular weight excluding hydrogens is 560 g/mol. The van der Waals surface area contributed by atoms with E-state index in [9.17, 15) is 5.26 Å². The van der Waals surface area contributed by atoms with Crippen molar-refractivity contribution in [1.29, 1.82) is 5.26 Å². The number of nitrogens with one attached hydrogen (secondary N) is 1. The second-order valence-electron chi connectivity index (χ2n) is 10.1. The van der Waals surface area contributed by atoms with E-state index in [1.807, 2.05) is 24.3 Å². The molecule has 1 saturated carbocycles. The van der Waals surface area contributed by atoms with Gasteiger partial charge in [-0.15, -0.1) is 11.3 Å². The number of nitriles is 1. The molecule has 2 aliphatic rings. The predicted molar refractivity (Wildman–Crippen MR) is 164 cm³/mol. The number of hydrogen-bond acceptors (Lipinski definition) is 8. The predicted octanol–water partition coefficient (Wildman–Crippen LogP) is 7.76. The molecule has 1 N–H and O–H groups in total. The molecule has 10 heteroatoms. The number of pyridine rings is 1. The number of thiazole rings is 1. The fourth-order valence-corrected chi connectivity index (χ4v) is 7.33. The molecule has 0 spiro atoms. The van der Waals surface area contributed by atoms with E-state index < -0.39 is 0 Å². The number of hydrogen-bond donors (Lipinski definition) is 1. The Morgan fingerprint density at radius 3 is 2.67 bits per heavy atom. The molecule has 40 heavy (non-hydrogen) atoms. The monoisotopic (exact) mass is 592 g/mol. The zero-order valence-electron chi connectivity index (χ0n) is 22.5. The summed E-state index contributed by atoms with van der Waals surface area (Å²) in [6.07, 6.45) is 6.45. The Labute approximate surface area is 249 Å². The van der Waals surface area contributed by atoms with Crippen LogP contribution >= 0.6 is 34.7 Å². The van der Waals surface area contributed by atoms with Crippen LogP contribution in [0.4, 0.5) is 11.5 Å². The summed E-state index contributed by atoms with van der Waals surface area (Å²) < 4.78 is 5.46. The standard InChI is InChI=1S/C30H33ClN6OS2/c1-33-27-26(21-6-3-2-4-7-21)25(18-32)30(36-28(27)34-12-5-13-37-14-16-38-17-15-37)40-20-24-19-39-29(35-24)22-8-10-23(31)11-9-22/h8-11,19,21H,2-7,12-17,20H2,(H,34,36). The van der Waals surface area contributed by atoms with E-state index in [0.717, 1.165) is 93.3 Å². The second kappa shape index (κ2) is 14.3. The first kappa shape index (κ1) is 28.9. The van der Waals surface area contributed by atoms with Gasteiger partial charge in [0.15, 0.2) is 0 Å². The first-order valence-corrected chi connectivity index (χ1v) is 16.1. The fourth-order valence-electron chi connectivity index (χ4n) is 5.38. The maximum absolute atomic E-state index is 10.3. The second-order valence-corrected chi connectivity index (χ2v) is 12.4. The number of rotatable bonds is 10. The maximum Gasteiger partial charge on any atom is 0.232 e. The van der Waals surface area contributed by atoms with Gasteiger partial charge in [-0.3, -0.25) is 4.90 Å². The molecule has 0 amide bonds. The molecule has 0 bridgehead atoms. The van der Waals surface area contributed by atoms with Crippen molar-refractivity contribution in [3.63, 3.8) is 0 Å². The van der Waals surface area contributed by atoms with Gasteiger partial charge < -0.3 is 10.1 Å². The van der Waals surface area contributed by atoms with Gasteiger partial charge in [-0.25, -0.2) is 14.8 Å². The van der Waals surface area contributed by atoms with Gasteiger partial charge >= 0.3 is 0 Å². The molecule has 0 radical (unpaired) electrons. The molecule has 2 fully saturated rings.